The van der Waals surface area contributed by atoms with Crippen molar-refractivity contribution in [1.82, 2.24) is 10.2 Å². The fraction of sp³-hybridized carbons (Fsp3) is 0.222. The van der Waals surface area contributed by atoms with Crippen molar-refractivity contribution in [2.24, 2.45) is 0 Å². The van der Waals surface area contributed by atoms with Gasteiger partial charge in [-0.05, 0) is 12.5 Å². The van der Waals surface area contributed by atoms with Crippen molar-refractivity contribution < 1.29 is 0 Å². The number of hydrogen-bond donors (Lipinski definition) is 2. The zero-order chi connectivity index (χ0) is 8.55. The summed E-state index contributed by atoms with van der Waals surface area (Å²) in [5.74, 6) is 0. The second-order valence-electron chi connectivity index (χ2n) is 2.80. The average molecular weight is 161 g/mol. The van der Waals surface area contributed by atoms with E-state index < -0.39 is 0 Å². The summed E-state index contributed by atoms with van der Waals surface area (Å²) in [5, 5.41) is 8.25. The minimum atomic E-state index is 0.739. The molecular weight excluding hydrogens is 150 g/mol. The van der Waals surface area contributed by atoms with E-state index in [0.717, 1.165) is 28.7 Å². The Morgan fingerprint density at radius 1 is 1.50 bits per heavy atom. The maximum absolute atomic E-state index is 5.74. The number of nitrogens with one attached hydrogen (secondary N) is 1. The molecule has 0 aliphatic carbocycles. The van der Waals surface area contributed by atoms with Crippen LogP contribution in [0, 0.1) is 0 Å². The molecule has 1 aromatic heterocycles. The quantitative estimate of drug-likeness (QED) is 0.625. The van der Waals surface area contributed by atoms with Crippen molar-refractivity contribution in [2.75, 3.05) is 5.73 Å². The van der Waals surface area contributed by atoms with Gasteiger partial charge in [0.05, 0.1) is 5.69 Å². The highest BCUT2D eigenvalue weighted by Gasteiger charge is 2.04. The third kappa shape index (κ3) is 0.863. The number of nitrogens with zero attached hydrogens (tertiary/aromatic N) is 1. The predicted molar refractivity (Wildman–Crippen MR) is 49.9 cm³/mol. The summed E-state index contributed by atoms with van der Waals surface area (Å²) in [6.45, 7) is 2.09. The maximum Gasteiger partial charge on any atom is 0.115 e. The maximum atomic E-state index is 5.74. The van der Waals surface area contributed by atoms with E-state index in [1.807, 2.05) is 18.2 Å². The first-order valence-electron chi connectivity index (χ1n) is 4.04. The van der Waals surface area contributed by atoms with Crippen molar-refractivity contribution >= 4 is 16.6 Å². The Morgan fingerprint density at radius 2 is 2.33 bits per heavy atom. The molecule has 0 unspecified atom stereocenters. The van der Waals surface area contributed by atoms with Crippen LogP contribution in [0.2, 0.25) is 0 Å². The molecule has 0 saturated carbocycles. The van der Waals surface area contributed by atoms with Gasteiger partial charge >= 0.3 is 0 Å². The summed E-state index contributed by atoms with van der Waals surface area (Å²) in [4.78, 5) is 0. The number of benzene rings is 1. The Hall–Kier alpha value is -1.51. The van der Waals surface area contributed by atoms with Crippen LogP contribution in [0.5, 0.6) is 0 Å². The van der Waals surface area contributed by atoms with Crippen LogP contribution >= 0.6 is 0 Å². The summed E-state index contributed by atoms with van der Waals surface area (Å²) in [5.41, 5.74) is 8.51. The second kappa shape index (κ2) is 2.52. The number of aryl methyl sites for hydroxylation is 1. The number of anilines is 1. The molecule has 0 aliphatic rings. The number of nitrogens with two attached hydrogens (primary N) is 1. The van der Waals surface area contributed by atoms with Crippen molar-refractivity contribution in [1.29, 1.82) is 0 Å². The van der Waals surface area contributed by atoms with E-state index in [0.29, 0.717) is 0 Å². The summed E-state index contributed by atoms with van der Waals surface area (Å²) in [6.07, 6.45) is 0.958. The van der Waals surface area contributed by atoms with Gasteiger partial charge in [-0.2, -0.15) is 5.10 Å². The number of rotatable bonds is 1. The Balaban J connectivity index is 2.80. The molecule has 0 spiro atoms. The van der Waals surface area contributed by atoms with E-state index in [1.165, 1.54) is 0 Å². The number of para-hydroxylation sites is 1. The molecule has 2 aromatic rings. The van der Waals surface area contributed by atoms with Crippen molar-refractivity contribution in [3.05, 3.63) is 23.9 Å². The number of fused-ring (bicyclic) bond motifs is 1. The van der Waals surface area contributed by atoms with Crippen LogP contribution in [0.25, 0.3) is 10.9 Å². The standard InChI is InChI=1S/C9H11N3/c1-2-8-6-4-3-5-7(10)9(6)12-11-8/h3-5H,2,10H2,1H3,(H,11,12). The predicted octanol–water partition coefficient (Wildman–Crippen LogP) is 1.71. The first kappa shape index (κ1) is 7.16. The highest BCUT2D eigenvalue weighted by Crippen LogP contribution is 2.21. The summed E-state index contributed by atoms with van der Waals surface area (Å²) in [7, 11) is 0. The molecule has 3 heteroatoms. The van der Waals surface area contributed by atoms with Gasteiger partial charge in [0.25, 0.3) is 0 Å². The van der Waals surface area contributed by atoms with Crippen molar-refractivity contribution in [3.63, 3.8) is 0 Å². The fourth-order valence-electron chi connectivity index (χ4n) is 1.38. The second-order valence-corrected chi connectivity index (χ2v) is 2.80. The van der Waals surface area contributed by atoms with E-state index in [2.05, 4.69) is 17.1 Å². The topological polar surface area (TPSA) is 54.7 Å². The summed E-state index contributed by atoms with van der Waals surface area (Å²) in [6, 6.07) is 5.85. The number of hydrogen-bond acceptors (Lipinski definition) is 2. The van der Waals surface area contributed by atoms with Crippen LogP contribution in [-0.4, -0.2) is 10.2 Å². The number of aromatic amines is 1. The number of nitrogen functional groups attached to an aromatic ring is 1. The number of aromatic nitrogens is 2. The zero-order valence-corrected chi connectivity index (χ0v) is 6.96. The van der Waals surface area contributed by atoms with Gasteiger partial charge in [0.2, 0.25) is 0 Å². The lowest BCUT2D eigenvalue weighted by Crippen LogP contribution is -1.85. The van der Waals surface area contributed by atoms with Crippen molar-refractivity contribution in [2.45, 2.75) is 13.3 Å². The smallest absolute Gasteiger partial charge is 0.115 e. The Kier molecular flexibility index (Phi) is 1.50. The molecule has 62 valence electrons. The molecule has 3 N–H and O–H groups in total. The largest absolute Gasteiger partial charge is 0.397 e. The van der Waals surface area contributed by atoms with E-state index in [9.17, 15) is 0 Å². The van der Waals surface area contributed by atoms with Gasteiger partial charge in [-0.3, -0.25) is 5.10 Å². The lowest BCUT2D eigenvalue weighted by atomic mass is 10.1. The molecule has 3 nitrogen and oxygen atoms in total. The molecule has 1 aromatic carbocycles. The molecule has 0 aliphatic heterocycles. The van der Waals surface area contributed by atoms with Gasteiger partial charge in [-0.25, -0.2) is 0 Å². The Bertz CT molecular complexity index is 403. The third-order valence-electron chi connectivity index (χ3n) is 2.05. The van der Waals surface area contributed by atoms with Crippen LogP contribution in [0.1, 0.15) is 12.6 Å². The van der Waals surface area contributed by atoms with Gasteiger partial charge in [0, 0.05) is 11.1 Å². The molecule has 0 radical (unpaired) electrons. The van der Waals surface area contributed by atoms with Gasteiger partial charge in [0.15, 0.2) is 0 Å². The highest BCUT2D eigenvalue weighted by atomic mass is 15.1. The van der Waals surface area contributed by atoms with Crippen LogP contribution in [0.15, 0.2) is 18.2 Å². The van der Waals surface area contributed by atoms with E-state index in [-0.39, 0.29) is 0 Å². The molecule has 0 saturated heterocycles. The summed E-state index contributed by atoms with van der Waals surface area (Å²) < 4.78 is 0. The van der Waals surface area contributed by atoms with Crippen LogP contribution in [0.4, 0.5) is 5.69 Å². The van der Waals surface area contributed by atoms with Crippen LogP contribution in [0.3, 0.4) is 0 Å². The lowest BCUT2D eigenvalue weighted by molar-refractivity contribution is 0.988. The molecule has 0 fully saturated rings. The summed E-state index contributed by atoms with van der Waals surface area (Å²) >= 11 is 0. The minimum absolute atomic E-state index is 0.739. The molecule has 12 heavy (non-hydrogen) atoms. The van der Waals surface area contributed by atoms with E-state index >= 15 is 0 Å². The third-order valence-corrected chi connectivity index (χ3v) is 2.05. The molecule has 2 rings (SSSR count). The van der Waals surface area contributed by atoms with Gasteiger partial charge in [-0.1, -0.05) is 19.1 Å². The van der Waals surface area contributed by atoms with Crippen LogP contribution in [-0.2, 0) is 6.42 Å². The zero-order valence-electron chi connectivity index (χ0n) is 6.96. The first-order valence-corrected chi connectivity index (χ1v) is 4.04. The Morgan fingerprint density at radius 3 is 3.08 bits per heavy atom. The monoisotopic (exact) mass is 161 g/mol. The first-order chi connectivity index (χ1) is 5.83. The van der Waals surface area contributed by atoms with E-state index in [1.54, 1.807) is 0 Å². The molecule has 0 bridgehead atoms. The molecule has 1 heterocycles. The number of H-pyrrole nitrogens is 1. The molecule has 0 atom stereocenters. The van der Waals surface area contributed by atoms with Gasteiger partial charge < -0.3 is 5.73 Å². The van der Waals surface area contributed by atoms with Gasteiger partial charge in [0.1, 0.15) is 5.52 Å². The highest BCUT2D eigenvalue weighted by molar-refractivity contribution is 5.90. The lowest BCUT2D eigenvalue weighted by Gasteiger charge is -1.93. The van der Waals surface area contributed by atoms with E-state index in [4.69, 9.17) is 5.73 Å². The SMILES string of the molecule is CCc1[nH]nc2c(N)cccc12. The molecular formula is C9H11N3. The fourth-order valence-corrected chi connectivity index (χ4v) is 1.38. The Labute approximate surface area is 70.6 Å². The van der Waals surface area contributed by atoms with Crippen molar-refractivity contribution in [3.8, 4) is 0 Å². The average Bonchev–Trinajstić information content (AvgIpc) is 2.49. The molecule has 0 amide bonds. The van der Waals surface area contributed by atoms with Crippen LogP contribution < -0.4 is 5.73 Å². The normalized spacial score (nSPS) is 10.8. The van der Waals surface area contributed by atoms with Gasteiger partial charge in [-0.15, -0.1) is 0 Å². The minimum Gasteiger partial charge on any atom is -0.397 e.